The van der Waals surface area contributed by atoms with Crippen LogP contribution in [-0.2, 0) is 14.3 Å². The molecular formula is C16H28N2O4. The topological polar surface area (TPSA) is 78.9 Å². The number of hydrogen-bond donors (Lipinski definition) is 2. The Bertz CT molecular complexity index is 413. The number of rotatable bonds is 4. The number of nitrogens with zero attached hydrogens (tertiary/aromatic N) is 1. The molecule has 1 saturated carbocycles. The second kappa shape index (κ2) is 6.96. The van der Waals surface area contributed by atoms with E-state index in [1.807, 2.05) is 20.8 Å². The van der Waals surface area contributed by atoms with Gasteiger partial charge in [-0.25, -0.2) is 0 Å². The molecule has 126 valence electrons. The lowest BCUT2D eigenvalue weighted by atomic mass is 10.1. The van der Waals surface area contributed by atoms with Gasteiger partial charge in [-0.1, -0.05) is 12.8 Å². The molecule has 1 amide bonds. The fourth-order valence-electron chi connectivity index (χ4n) is 3.20. The minimum Gasteiger partial charge on any atom is -0.459 e. The first kappa shape index (κ1) is 17.2. The van der Waals surface area contributed by atoms with E-state index >= 15 is 0 Å². The van der Waals surface area contributed by atoms with Crippen molar-refractivity contribution in [2.45, 2.75) is 83.2 Å². The first-order valence-corrected chi connectivity index (χ1v) is 8.25. The van der Waals surface area contributed by atoms with Crippen LogP contribution in [0.3, 0.4) is 0 Å². The number of esters is 1. The molecule has 2 rings (SSSR count). The standard InChI is InChI=1S/C16H28N2O4/c1-16(2,3)22-15(21)12-9-6-10-18(12)14(20)13(19)17-11-7-4-5-8-11/h11-12,14,20H,4-10H2,1-3H3,(H,17,19). The van der Waals surface area contributed by atoms with Crippen molar-refractivity contribution in [2.75, 3.05) is 6.54 Å². The quantitative estimate of drug-likeness (QED) is 0.762. The van der Waals surface area contributed by atoms with Crippen molar-refractivity contribution in [2.24, 2.45) is 0 Å². The zero-order chi connectivity index (χ0) is 16.3. The molecule has 0 aromatic carbocycles. The maximum Gasteiger partial charge on any atom is 0.323 e. The van der Waals surface area contributed by atoms with Gasteiger partial charge in [0, 0.05) is 12.6 Å². The molecule has 6 nitrogen and oxygen atoms in total. The van der Waals surface area contributed by atoms with Crippen LogP contribution >= 0.6 is 0 Å². The van der Waals surface area contributed by atoms with Gasteiger partial charge in [0.25, 0.3) is 5.91 Å². The van der Waals surface area contributed by atoms with E-state index < -0.39 is 23.8 Å². The van der Waals surface area contributed by atoms with Crippen LogP contribution in [-0.4, -0.2) is 52.3 Å². The van der Waals surface area contributed by atoms with Gasteiger partial charge < -0.3 is 15.2 Å². The number of likely N-dealkylation sites (tertiary alicyclic amines) is 1. The highest BCUT2D eigenvalue weighted by molar-refractivity contribution is 5.82. The Morgan fingerprint density at radius 3 is 2.41 bits per heavy atom. The third kappa shape index (κ3) is 4.43. The summed E-state index contributed by atoms with van der Waals surface area (Å²) < 4.78 is 5.39. The lowest BCUT2D eigenvalue weighted by Gasteiger charge is -2.30. The van der Waals surface area contributed by atoms with Gasteiger partial charge in [-0.3, -0.25) is 14.5 Å². The van der Waals surface area contributed by atoms with Crippen LogP contribution in [0.15, 0.2) is 0 Å². The summed E-state index contributed by atoms with van der Waals surface area (Å²) in [4.78, 5) is 26.0. The highest BCUT2D eigenvalue weighted by Crippen LogP contribution is 2.23. The predicted octanol–water partition coefficient (Wildman–Crippen LogP) is 1.17. The Balaban J connectivity index is 1.93. The van der Waals surface area contributed by atoms with Crippen LogP contribution < -0.4 is 5.32 Å². The first-order chi connectivity index (χ1) is 10.3. The fourth-order valence-corrected chi connectivity index (χ4v) is 3.20. The maximum absolute atomic E-state index is 12.2. The smallest absolute Gasteiger partial charge is 0.323 e. The van der Waals surface area contributed by atoms with Crippen LogP contribution in [0.25, 0.3) is 0 Å². The zero-order valence-corrected chi connectivity index (χ0v) is 13.8. The Morgan fingerprint density at radius 2 is 1.82 bits per heavy atom. The summed E-state index contributed by atoms with van der Waals surface area (Å²) in [6.07, 6.45) is 4.28. The predicted molar refractivity (Wildman–Crippen MR) is 82.0 cm³/mol. The summed E-state index contributed by atoms with van der Waals surface area (Å²) in [7, 11) is 0. The zero-order valence-electron chi connectivity index (χ0n) is 13.8. The molecule has 2 fully saturated rings. The minimum absolute atomic E-state index is 0.157. The Kier molecular flexibility index (Phi) is 5.45. The largest absolute Gasteiger partial charge is 0.459 e. The summed E-state index contributed by atoms with van der Waals surface area (Å²) in [5, 5.41) is 13.2. The van der Waals surface area contributed by atoms with Gasteiger partial charge in [0.05, 0.1) is 0 Å². The number of hydrogen-bond acceptors (Lipinski definition) is 5. The van der Waals surface area contributed by atoms with Crippen molar-refractivity contribution in [3.8, 4) is 0 Å². The van der Waals surface area contributed by atoms with Crippen LogP contribution in [0.4, 0.5) is 0 Å². The molecule has 0 aromatic heterocycles. The highest BCUT2D eigenvalue weighted by Gasteiger charge is 2.40. The average molecular weight is 312 g/mol. The van der Waals surface area contributed by atoms with Gasteiger partial charge >= 0.3 is 5.97 Å². The van der Waals surface area contributed by atoms with E-state index in [1.165, 1.54) is 0 Å². The summed E-state index contributed by atoms with van der Waals surface area (Å²) >= 11 is 0. The second-order valence-electron chi connectivity index (χ2n) is 7.29. The van der Waals surface area contributed by atoms with Gasteiger partial charge in [0.1, 0.15) is 11.6 Å². The van der Waals surface area contributed by atoms with Crippen LogP contribution in [0, 0.1) is 0 Å². The van der Waals surface area contributed by atoms with E-state index in [0.29, 0.717) is 13.0 Å². The van der Waals surface area contributed by atoms with Crippen LogP contribution in [0.5, 0.6) is 0 Å². The van der Waals surface area contributed by atoms with Crippen molar-refractivity contribution < 1.29 is 19.4 Å². The van der Waals surface area contributed by atoms with Gasteiger partial charge in [-0.05, 0) is 46.5 Å². The molecule has 6 heteroatoms. The van der Waals surface area contributed by atoms with E-state index in [0.717, 1.165) is 32.1 Å². The summed E-state index contributed by atoms with van der Waals surface area (Å²) in [6.45, 7) is 5.97. The molecule has 1 aliphatic heterocycles. The number of carbonyl (C=O) groups is 2. The molecule has 0 radical (unpaired) electrons. The van der Waals surface area contributed by atoms with Gasteiger partial charge in [0.15, 0.2) is 6.23 Å². The summed E-state index contributed by atoms with van der Waals surface area (Å²) in [6, 6.07) is -0.381. The molecule has 2 N–H and O–H groups in total. The summed E-state index contributed by atoms with van der Waals surface area (Å²) in [5.74, 6) is -0.764. The second-order valence-corrected chi connectivity index (χ2v) is 7.29. The molecule has 1 heterocycles. The monoisotopic (exact) mass is 312 g/mol. The van der Waals surface area contributed by atoms with Gasteiger partial charge in [0.2, 0.25) is 0 Å². The fraction of sp³-hybridized carbons (Fsp3) is 0.875. The normalized spacial score (nSPS) is 25.2. The third-order valence-electron chi connectivity index (χ3n) is 4.22. The van der Waals surface area contributed by atoms with Crippen molar-refractivity contribution in [1.29, 1.82) is 0 Å². The Hall–Kier alpha value is -1.14. The molecular weight excluding hydrogens is 284 g/mol. The van der Waals surface area contributed by atoms with Crippen molar-refractivity contribution in [3.05, 3.63) is 0 Å². The lowest BCUT2D eigenvalue weighted by Crippen LogP contribution is -2.53. The Labute approximate surface area is 132 Å². The molecule has 1 saturated heterocycles. The number of aliphatic hydroxyl groups excluding tert-OH is 1. The van der Waals surface area contributed by atoms with E-state index in [1.54, 1.807) is 4.90 Å². The van der Waals surface area contributed by atoms with Crippen molar-refractivity contribution in [1.82, 2.24) is 10.2 Å². The van der Waals surface area contributed by atoms with E-state index in [4.69, 9.17) is 4.74 Å². The molecule has 2 aliphatic rings. The third-order valence-corrected chi connectivity index (χ3v) is 4.22. The van der Waals surface area contributed by atoms with Gasteiger partial charge in [-0.15, -0.1) is 0 Å². The highest BCUT2D eigenvalue weighted by atomic mass is 16.6. The van der Waals surface area contributed by atoms with Crippen molar-refractivity contribution in [3.63, 3.8) is 0 Å². The average Bonchev–Trinajstić information content (AvgIpc) is 3.06. The maximum atomic E-state index is 12.2. The number of nitrogens with one attached hydrogen (secondary N) is 1. The minimum atomic E-state index is -1.28. The Morgan fingerprint density at radius 1 is 1.18 bits per heavy atom. The first-order valence-electron chi connectivity index (χ1n) is 8.25. The lowest BCUT2D eigenvalue weighted by molar-refractivity contribution is -0.166. The SMILES string of the molecule is CC(C)(C)OC(=O)C1CCCN1C(O)C(=O)NC1CCCC1. The van der Waals surface area contributed by atoms with Gasteiger partial charge in [-0.2, -0.15) is 0 Å². The number of amides is 1. The molecule has 0 aromatic rings. The number of ether oxygens (including phenoxy) is 1. The van der Waals surface area contributed by atoms with E-state index in [2.05, 4.69) is 5.32 Å². The van der Waals surface area contributed by atoms with E-state index in [9.17, 15) is 14.7 Å². The van der Waals surface area contributed by atoms with Crippen LogP contribution in [0.1, 0.15) is 59.3 Å². The number of aliphatic hydroxyl groups is 1. The molecule has 2 unspecified atom stereocenters. The summed E-state index contributed by atoms with van der Waals surface area (Å²) in [5.41, 5.74) is -0.567. The molecule has 2 atom stereocenters. The van der Waals surface area contributed by atoms with Crippen molar-refractivity contribution >= 4 is 11.9 Å². The van der Waals surface area contributed by atoms with Crippen LogP contribution in [0.2, 0.25) is 0 Å². The molecule has 0 spiro atoms. The molecule has 1 aliphatic carbocycles. The molecule has 22 heavy (non-hydrogen) atoms. The van der Waals surface area contributed by atoms with E-state index in [-0.39, 0.29) is 12.0 Å². The molecule has 0 bridgehead atoms. The number of carbonyl (C=O) groups excluding carboxylic acids is 2.